The number of carbonyl (C=O) groups excluding carboxylic acids is 1. The summed E-state index contributed by atoms with van der Waals surface area (Å²) in [4.78, 5) is 11.4. The van der Waals surface area contributed by atoms with Crippen LogP contribution in [-0.4, -0.2) is 5.78 Å². The molecule has 0 aromatic heterocycles. The second-order valence-electron chi connectivity index (χ2n) is 2.58. The van der Waals surface area contributed by atoms with Crippen LogP contribution in [0.5, 0.6) is 5.75 Å². The number of fused-ring (bicyclic) bond motifs is 1. The van der Waals surface area contributed by atoms with Crippen LogP contribution in [0.3, 0.4) is 0 Å². The second-order valence-corrected chi connectivity index (χ2v) is 2.58. The summed E-state index contributed by atoms with van der Waals surface area (Å²) in [5, 5.41) is 0. The van der Waals surface area contributed by atoms with Gasteiger partial charge in [-0.05, 0) is 25.1 Å². The van der Waals surface area contributed by atoms with E-state index in [1.807, 2.05) is 12.1 Å². The highest BCUT2D eigenvalue weighted by molar-refractivity contribution is 6.12. The first-order valence-electron chi connectivity index (χ1n) is 3.81. The molecule has 1 heterocycles. The minimum Gasteiger partial charge on any atom is -0.453 e. The molecule has 0 N–H and O–H groups in total. The maximum Gasteiger partial charge on any atom is 0.231 e. The Hall–Kier alpha value is -1.57. The molecule has 60 valence electrons. The van der Waals surface area contributed by atoms with Crippen LogP contribution in [0.4, 0.5) is 0 Å². The standard InChI is InChI=1S/C10H8O2/c1-2-8-10(11)7-5-3-4-6-9(7)12-8/h2-6H,1H3/b8-2-. The monoisotopic (exact) mass is 160 g/mol. The van der Waals surface area contributed by atoms with E-state index >= 15 is 0 Å². The summed E-state index contributed by atoms with van der Waals surface area (Å²) in [5.74, 6) is 1.07. The van der Waals surface area contributed by atoms with Gasteiger partial charge in [-0.1, -0.05) is 12.1 Å². The van der Waals surface area contributed by atoms with Gasteiger partial charge in [-0.3, -0.25) is 4.79 Å². The first-order valence-corrected chi connectivity index (χ1v) is 3.81. The highest BCUT2D eigenvalue weighted by atomic mass is 16.5. The zero-order valence-electron chi connectivity index (χ0n) is 6.70. The maximum absolute atomic E-state index is 11.4. The van der Waals surface area contributed by atoms with Gasteiger partial charge in [0, 0.05) is 0 Å². The van der Waals surface area contributed by atoms with Crippen molar-refractivity contribution < 1.29 is 9.53 Å². The molecule has 1 aromatic carbocycles. The SMILES string of the molecule is C/C=C1\Oc2ccccc2C1=O. The summed E-state index contributed by atoms with van der Waals surface area (Å²) in [6.07, 6.45) is 1.68. The average Bonchev–Trinajstić information content (AvgIpc) is 2.44. The first kappa shape index (κ1) is 7.10. The summed E-state index contributed by atoms with van der Waals surface area (Å²) in [5.41, 5.74) is 0.658. The van der Waals surface area contributed by atoms with Crippen molar-refractivity contribution in [3.63, 3.8) is 0 Å². The molecule has 0 radical (unpaired) electrons. The van der Waals surface area contributed by atoms with Crippen LogP contribution in [0.2, 0.25) is 0 Å². The lowest BCUT2D eigenvalue weighted by Gasteiger charge is -1.93. The van der Waals surface area contributed by atoms with Crippen molar-refractivity contribution in [1.82, 2.24) is 0 Å². The van der Waals surface area contributed by atoms with Crippen LogP contribution in [0.25, 0.3) is 0 Å². The van der Waals surface area contributed by atoms with E-state index in [1.165, 1.54) is 0 Å². The number of carbonyl (C=O) groups is 1. The summed E-state index contributed by atoms with van der Waals surface area (Å²) < 4.78 is 5.28. The smallest absolute Gasteiger partial charge is 0.231 e. The van der Waals surface area contributed by atoms with Gasteiger partial charge >= 0.3 is 0 Å². The Labute approximate surface area is 70.5 Å². The van der Waals surface area contributed by atoms with Gasteiger partial charge in [0.1, 0.15) is 5.75 Å². The second kappa shape index (κ2) is 2.48. The quantitative estimate of drug-likeness (QED) is 0.543. The van der Waals surface area contributed by atoms with E-state index in [9.17, 15) is 4.79 Å². The van der Waals surface area contributed by atoms with Gasteiger partial charge < -0.3 is 4.74 Å². The van der Waals surface area contributed by atoms with E-state index in [0.29, 0.717) is 17.1 Å². The van der Waals surface area contributed by atoms with Crippen molar-refractivity contribution in [2.75, 3.05) is 0 Å². The summed E-state index contributed by atoms with van der Waals surface area (Å²) in [7, 11) is 0. The fourth-order valence-corrected chi connectivity index (χ4v) is 1.23. The zero-order valence-corrected chi connectivity index (χ0v) is 6.70. The molecule has 12 heavy (non-hydrogen) atoms. The number of hydrogen-bond acceptors (Lipinski definition) is 2. The Morgan fingerprint density at radius 1 is 1.33 bits per heavy atom. The molecule has 0 saturated heterocycles. The fraction of sp³-hybridized carbons (Fsp3) is 0.100. The first-order chi connectivity index (χ1) is 5.83. The van der Waals surface area contributed by atoms with E-state index in [-0.39, 0.29) is 5.78 Å². The largest absolute Gasteiger partial charge is 0.453 e. The van der Waals surface area contributed by atoms with E-state index in [0.717, 1.165) is 0 Å². The minimum atomic E-state index is -0.0203. The highest BCUT2D eigenvalue weighted by Gasteiger charge is 2.25. The Kier molecular flexibility index (Phi) is 1.47. The maximum atomic E-state index is 11.4. The number of ether oxygens (including phenoxy) is 1. The zero-order chi connectivity index (χ0) is 8.55. The van der Waals surface area contributed by atoms with Crippen molar-refractivity contribution in [2.45, 2.75) is 6.92 Å². The lowest BCUT2D eigenvalue weighted by molar-refractivity contribution is 0.101. The third-order valence-corrected chi connectivity index (χ3v) is 1.84. The van der Waals surface area contributed by atoms with Crippen LogP contribution >= 0.6 is 0 Å². The van der Waals surface area contributed by atoms with Gasteiger partial charge in [-0.25, -0.2) is 0 Å². The molecular weight excluding hydrogens is 152 g/mol. The Morgan fingerprint density at radius 3 is 2.75 bits per heavy atom. The fourth-order valence-electron chi connectivity index (χ4n) is 1.23. The van der Waals surface area contributed by atoms with Gasteiger partial charge in [-0.2, -0.15) is 0 Å². The van der Waals surface area contributed by atoms with Crippen molar-refractivity contribution in [1.29, 1.82) is 0 Å². The van der Waals surface area contributed by atoms with Gasteiger partial charge in [0.2, 0.25) is 5.78 Å². The molecule has 0 unspecified atom stereocenters. The third kappa shape index (κ3) is 0.848. The Balaban J connectivity index is 2.56. The molecule has 0 amide bonds. The molecule has 1 aromatic rings. The van der Waals surface area contributed by atoms with Crippen LogP contribution < -0.4 is 4.74 Å². The van der Waals surface area contributed by atoms with Crippen molar-refractivity contribution in [3.8, 4) is 5.75 Å². The van der Waals surface area contributed by atoms with Crippen molar-refractivity contribution in [3.05, 3.63) is 41.7 Å². The molecule has 1 aliphatic rings. The lowest BCUT2D eigenvalue weighted by Crippen LogP contribution is -1.96. The van der Waals surface area contributed by atoms with E-state index in [4.69, 9.17) is 4.74 Å². The Bertz CT molecular complexity index is 364. The number of Topliss-reactive ketones (excluding diaryl/α,β-unsaturated/α-hetero) is 1. The number of hydrogen-bond donors (Lipinski definition) is 0. The molecule has 0 atom stereocenters. The molecule has 0 spiro atoms. The molecule has 0 aliphatic carbocycles. The average molecular weight is 160 g/mol. The van der Waals surface area contributed by atoms with E-state index < -0.39 is 0 Å². The van der Waals surface area contributed by atoms with Gasteiger partial charge in [0.15, 0.2) is 5.76 Å². The topological polar surface area (TPSA) is 26.3 Å². The molecule has 2 rings (SSSR count). The molecule has 2 heteroatoms. The predicted octanol–water partition coefficient (Wildman–Crippen LogP) is 2.17. The van der Waals surface area contributed by atoms with Crippen molar-refractivity contribution >= 4 is 5.78 Å². The van der Waals surface area contributed by atoms with Gasteiger partial charge in [-0.15, -0.1) is 0 Å². The van der Waals surface area contributed by atoms with E-state index in [2.05, 4.69) is 0 Å². The lowest BCUT2D eigenvalue weighted by atomic mass is 10.1. The van der Waals surface area contributed by atoms with Crippen LogP contribution in [-0.2, 0) is 0 Å². The minimum absolute atomic E-state index is 0.0203. The molecule has 1 aliphatic heterocycles. The van der Waals surface area contributed by atoms with Gasteiger partial charge in [0.25, 0.3) is 0 Å². The molecule has 0 bridgehead atoms. The van der Waals surface area contributed by atoms with Gasteiger partial charge in [0.05, 0.1) is 5.56 Å². The van der Waals surface area contributed by atoms with E-state index in [1.54, 1.807) is 25.1 Å². The third-order valence-electron chi connectivity index (χ3n) is 1.84. The van der Waals surface area contributed by atoms with Crippen LogP contribution in [0.15, 0.2) is 36.1 Å². The number of benzene rings is 1. The number of ketones is 1. The molecule has 2 nitrogen and oxygen atoms in total. The number of rotatable bonds is 0. The summed E-state index contributed by atoms with van der Waals surface area (Å²) in [6.45, 7) is 1.79. The van der Waals surface area contributed by atoms with Crippen LogP contribution in [0, 0.1) is 0 Å². The molecule has 0 fully saturated rings. The molecular formula is C10H8O2. The van der Waals surface area contributed by atoms with Crippen LogP contribution in [0.1, 0.15) is 17.3 Å². The normalized spacial score (nSPS) is 17.8. The number of allylic oxidation sites excluding steroid dienone is 2. The summed E-state index contributed by atoms with van der Waals surface area (Å²) in [6, 6.07) is 7.25. The number of para-hydroxylation sites is 1. The summed E-state index contributed by atoms with van der Waals surface area (Å²) >= 11 is 0. The van der Waals surface area contributed by atoms with Crippen molar-refractivity contribution in [2.24, 2.45) is 0 Å². The highest BCUT2D eigenvalue weighted by Crippen LogP contribution is 2.29. The predicted molar refractivity (Wildman–Crippen MR) is 45.2 cm³/mol. The molecule has 0 saturated carbocycles. The Morgan fingerprint density at radius 2 is 2.08 bits per heavy atom.